The monoisotopic (exact) mass is 360 g/mol. The number of hydrogen-bond donors (Lipinski definition) is 1. The highest BCUT2D eigenvalue weighted by molar-refractivity contribution is 7.99. The number of nitrogens with zero attached hydrogens (tertiary/aromatic N) is 3. The summed E-state index contributed by atoms with van der Waals surface area (Å²) in [7, 11) is 3.24. The zero-order valence-corrected chi connectivity index (χ0v) is 15.2. The molecular weight excluding hydrogens is 340 g/mol. The smallest absolute Gasteiger partial charge is 0.230 e. The van der Waals surface area contributed by atoms with Gasteiger partial charge in [-0.25, -0.2) is 0 Å². The lowest BCUT2D eigenvalue weighted by molar-refractivity contribution is -0.118. The predicted molar refractivity (Wildman–Crippen MR) is 97.4 cm³/mol. The van der Waals surface area contributed by atoms with Gasteiger partial charge in [-0.1, -0.05) is 11.8 Å². The zero-order valence-electron chi connectivity index (χ0n) is 14.4. The highest BCUT2D eigenvalue weighted by atomic mass is 32.2. The zero-order chi connectivity index (χ0) is 17.8. The first-order valence-electron chi connectivity index (χ1n) is 7.85. The van der Waals surface area contributed by atoms with Gasteiger partial charge >= 0.3 is 0 Å². The Morgan fingerprint density at radius 3 is 2.88 bits per heavy atom. The van der Waals surface area contributed by atoms with Gasteiger partial charge in [0.25, 0.3) is 0 Å². The second-order valence-corrected chi connectivity index (χ2v) is 6.46. The van der Waals surface area contributed by atoms with Crippen LogP contribution in [0.15, 0.2) is 29.4 Å². The van der Waals surface area contributed by atoms with Gasteiger partial charge in [-0.05, 0) is 30.7 Å². The van der Waals surface area contributed by atoms with Crippen LogP contribution in [0.3, 0.4) is 0 Å². The first kappa shape index (κ1) is 17.5. The molecule has 0 saturated heterocycles. The van der Waals surface area contributed by atoms with Crippen LogP contribution in [0.2, 0.25) is 0 Å². The first-order chi connectivity index (χ1) is 12.1. The summed E-state index contributed by atoms with van der Waals surface area (Å²) in [6.07, 6.45) is 0. The summed E-state index contributed by atoms with van der Waals surface area (Å²) in [6, 6.07) is 7.91. The van der Waals surface area contributed by atoms with Crippen LogP contribution in [-0.4, -0.2) is 53.6 Å². The van der Waals surface area contributed by atoms with Gasteiger partial charge in [0.2, 0.25) is 5.91 Å². The number of pyridine rings is 1. The molecule has 0 saturated carbocycles. The Labute approximate surface area is 149 Å². The van der Waals surface area contributed by atoms with Crippen molar-refractivity contribution in [3.8, 4) is 5.75 Å². The van der Waals surface area contributed by atoms with Crippen LogP contribution in [0.25, 0.3) is 16.6 Å². The van der Waals surface area contributed by atoms with E-state index in [4.69, 9.17) is 9.47 Å². The molecule has 3 rings (SSSR count). The molecule has 0 aliphatic rings. The largest absolute Gasteiger partial charge is 0.497 e. The summed E-state index contributed by atoms with van der Waals surface area (Å²) < 4.78 is 12.2. The second kappa shape index (κ2) is 7.71. The highest BCUT2D eigenvalue weighted by Gasteiger charge is 2.13. The molecule has 0 radical (unpaired) electrons. The highest BCUT2D eigenvalue weighted by Crippen LogP contribution is 2.28. The third-order valence-corrected chi connectivity index (χ3v) is 4.76. The SMILES string of the molecule is COCCNC(=O)CSc1nnc2cc(C)c3ccc(OC)cc3n12. The molecular formula is C17H20N4O3S. The number of hydrogen-bond acceptors (Lipinski definition) is 6. The molecule has 8 heteroatoms. The number of aryl methyl sites for hydroxylation is 1. The minimum absolute atomic E-state index is 0.0622. The normalized spacial score (nSPS) is 11.2. The molecule has 132 valence electrons. The number of amides is 1. The van der Waals surface area contributed by atoms with Gasteiger partial charge in [-0.15, -0.1) is 10.2 Å². The third-order valence-electron chi connectivity index (χ3n) is 3.84. The van der Waals surface area contributed by atoms with Crippen molar-refractivity contribution in [3.63, 3.8) is 0 Å². The van der Waals surface area contributed by atoms with Crippen molar-refractivity contribution in [2.45, 2.75) is 12.1 Å². The number of benzene rings is 1. The lowest BCUT2D eigenvalue weighted by atomic mass is 10.1. The number of nitrogens with one attached hydrogen (secondary N) is 1. The van der Waals surface area contributed by atoms with Gasteiger partial charge in [0.05, 0.1) is 25.0 Å². The van der Waals surface area contributed by atoms with Crippen molar-refractivity contribution in [2.75, 3.05) is 33.1 Å². The van der Waals surface area contributed by atoms with Crippen molar-refractivity contribution in [2.24, 2.45) is 0 Å². The minimum Gasteiger partial charge on any atom is -0.497 e. The molecule has 0 atom stereocenters. The van der Waals surface area contributed by atoms with E-state index in [0.717, 1.165) is 27.9 Å². The molecule has 1 aromatic carbocycles. The lowest BCUT2D eigenvalue weighted by Crippen LogP contribution is -2.28. The maximum Gasteiger partial charge on any atom is 0.230 e. The Balaban J connectivity index is 1.91. The molecule has 1 amide bonds. The van der Waals surface area contributed by atoms with E-state index in [0.29, 0.717) is 18.3 Å². The topological polar surface area (TPSA) is 77.8 Å². The Morgan fingerprint density at radius 2 is 2.12 bits per heavy atom. The summed E-state index contributed by atoms with van der Waals surface area (Å²) in [4.78, 5) is 11.9. The number of carbonyl (C=O) groups excluding carboxylic acids is 1. The number of ether oxygens (including phenoxy) is 2. The van der Waals surface area contributed by atoms with Crippen LogP contribution >= 0.6 is 11.8 Å². The van der Waals surface area contributed by atoms with Crippen LogP contribution in [0.1, 0.15) is 5.56 Å². The molecule has 7 nitrogen and oxygen atoms in total. The molecule has 0 aliphatic carbocycles. The Morgan fingerprint density at radius 1 is 1.28 bits per heavy atom. The second-order valence-electron chi connectivity index (χ2n) is 5.52. The van der Waals surface area contributed by atoms with Gasteiger partial charge in [-0.3, -0.25) is 9.20 Å². The number of fused-ring (bicyclic) bond motifs is 3. The average molecular weight is 360 g/mol. The Kier molecular flexibility index (Phi) is 5.40. The van der Waals surface area contributed by atoms with E-state index in [-0.39, 0.29) is 11.7 Å². The fourth-order valence-electron chi connectivity index (χ4n) is 2.60. The summed E-state index contributed by atoms with van der Waals surface area (Å²) >= 11 is 1.35. The predicted octanol–water partition coefficient (Wildman–Crippen LogP) is 2.05. The van der Waals surface area contributed by atoms with E-state index >= 15 is 0 Å². The van der Waals surface area contributed by atoms with Gasteiger partial charge in [0, 0.05) is 25.1 Å². The van der Waals surface area contributed by atoms with Gasteiger partial charge in [0.1, 0.15) is 5.75 Å². The molecule has 25 heavy (non-hydrogen) atoms. The van der Waals surface area contributed by atoms with E-state index < -0.39 is 0 Å². The number of thioether (sulfide) groups is 1. The number of methoxy groups -OCH3 is 2. The van der Waals surface area contributed by atoms with Crippen LogP contribution in [0.5, 0.6) is 5.75 Å². The van der Waals surface area contributed by atoms with Crippen LogP contribution in [-0.2, 0) is 9.53 Å². The number of carbonyl (C=O) groups is 1. The quantitative estimate of drug-likeness (QED) is 0.513. The van der Waals surface area contributed by atoms with E-state index in [1.165, 1.54) is 11.8 Å². The molecule has 0 bridgehead atoms. The van der Waals surface area contributed by atoms with Crippen LogP contribution < -0.4 is 10.1 Å². The maximum atomic E-state index is 11.9. The van der Waals surface area contributed by atoms with Crippen molar-refractivity contribution in [3.05, 3.63) is 29.8 Å². The molecule has 0 spiro atoms. The molecule has 0 unspecified atom stereocenters. The van der Waals surface area contributed by atoms with Gasteiger partial charge in [0.15, 0.2) is 10.8 Å². The summed E-state index contributed by atoms with van der Waals surface area (Å²) in [5, 5.41) is 13.0. The van der Waals surface area contributed by atoms with Crippen molar-refractivity contribution in [1.82, 2.24) is 19.9 Å². The third kappa shape index (κ3) is 3.69. The molecule has 0 aliphatic heterocycles. The summed E-state index contributed by atoms with van der Waals surface area (Å²) in [6.45, 7) is 3.03. The molecule has 2 aromatic heterocycles. The molecule has 0 fully saturated rings. The lowest BCUT2D eigenvalue weighted by Gasteiger charge is -2.09. The van der Waals surface area contributed by atoms with Crippen molar-refractivity contribution in [1.29, 1.82) is 0 Å². The molecule has 3 aromatic rings. The number of rotatable bonds is 7. The van der Waals surface area contributed by atoms with Crippen LogP contribution in [0.4, 0.5) is 0 Å². The summed E-state index contributed by atoms with van der Waals surface area (Å²) in [5.74, 6) is 0.971. The standard InChI is InChI=1S/C17H20N4O3S/c1-11-8-15-19-20-17(25-10-16(22)18-6-7-23-2)21(15)14-9-12(24-3)4-5-13(11)14/h4-5,8-9H,6-7,10H2,1-3H3,(H,18,22). The van der Waals surface area contributed by atoms with E-state index in [2.05, 4.69) is 15.5 Å². The van der Waals surface area contributed by atoms with Crippen molar-refractivity contribution < 1.29 is 14.3 Å². The van der Waals surface area contributed by atoms with Crippen molar-refractivity contribution >= 4 is 34.2 Å². The first-order valence-corrected chi connectivity index (χ1v) is 8.83. The molecule has 1 N–H and O–H groups in total. The van der Waals surface area contributed by atoms with E-state index in [1.807, 2.05) is 35.6 Å². The van der Waals surface area contributed by atoms with Gasteiger partial charge < -0.3 is 14.8 Å². The van der Waals surface area contributed by atoms with Crippen LogP contribution in [0, 0.1) is 6.92 Å². The molecule has 2 heterocycles. The summed E-state index contributed by atoms with van der Waals surface area (Å²) in [5.41, 5.74) is 2.83. The fraction of sp³-hybridized carbons (Fsp3) is 0.353. The van der Waals surface area contributed by atoms with E-state index in [1.54, 1.807) is 14.2 Å². The number of aromatic nitrogens is 3. The Hall–Kier alpha value is -2.32. The Bertz CT molecular complexity index is 910. The van der Waals surface area contributed by atoms with E-state index in [9.17, 15) is 4.79 Å². The van der Waals surface area contributed by atoms with Gasteiger partial charge in [-0.2, -0.15) is 0 Å². The minimum atomic E-state index is -0.0622. The maximum absolute atomic E-state index is 11.9. The fourth-order valence-corrected chi connectivity index (χ4v) is 3.38. The average Bonchev–Trinajstić information content (AvgIpc) is 3.02.